The molecule has 5 nitrogen and oxygen atoms in total. The topological polar surface area (TPSA) is 63.5 Å². The predicted molar refractivity (Wildman–Crippen MR) is 148 cm³/mol. The Kier molecular flexibility index (Phi) is 6.04. The van der Waals surface area contributed by atoms with E-state index in [0.717, 1.165) is 15.9 Å². The zero-order chi connectivity index (χ0) is 24.5. The van der Waals surface area contributed by atoms with Crippen molar-refractivity contribution in [1.29, 1.82) is 0 Å². The molecule has 1 fully saturated rings. The summed E-state index contributed by atoms with van der Waals surface area (Å²) >= 11 is 4.40. The number of hydrogen-bond donors (Lipinski definition) is 0. The Morgan fingerprint density at radius 1 is 0.771 bits per heavy atom. The average molecular weight is 547 g/mol. The second-order valence-electron chi connectivity index (χ2n) is 8.65. The fourth-order valence-corrected chi connectivity index (χ4v) is 14.0. The first-order valence-corrected chi connectivity index (χ1v) is 15.7. The van der Waals surface area contributed by atoms with Crippen molar-refractivity contribution in [3.05, 3.63) is 125 Å². The zero-order valence-corrected chi connectivity index (χ0v) is 21.4. The summed E-state index contributed by atoms with van der Waals surface area (Å²) in [6, 6.07) is 37.0. The first kappa shape index (κ1) is 23.4. The van der Waals surface area contributed by atoms with Gasteiger partial charge in [0.1, 0.15) is 0 Å². The molecule has 1 unspecified atom stereocenters. The van der Waals surface area contributed by atoms with E-state index < -0.39 is 10.2 Å². The van der Waals surface area contributed by atoms with Gasteiger partial charge in [0.05, 0.1) is 0 Å². The number of hydrogen-bond acceptors (Lipinski definition) is 3. The van der Waals surface area contributed by atoms with Gasteiger partial charge in [-0.2, -0.15) is 0 Å². The average Bonchev–Trinajstić information content (AvgIpc) is 3.32. The van der Waals surface area contributed by atoms with Gasteiger partial charge in [0.25, 0.3) is 0 Å². The maximum absolute atomic E-state index is 14.3. The van der Waals surface area contributed by atoms with Crippen LogP contribution in [0.1, 0.15) is 6.42 Å². The van der Waals surface area contributed by atoms with Crippen LogP contribution in [0.2, 0.25) is 0 Å². The van der Waals surface area contributed by atoms with E-state index in [-0.39, 0.29) is 17.3 Å². The molecule has 0 radical (unpaired) electrons. The number of carbonyl (C=O) groups excluding carboxylic acids is 1. The SMILES string of the molecule is O=C1C(P(Br)(c2ccccc2)(c2ccccc2)c2ccccc2)CCN1c1cccc([N+](=O)[O-])c1. The number of halogens is 1. The van der Waals surface area contributed by atoms with E-state index in [1.807, 2.05) is 54.6 Å². The molecule has 1 amide bonds. The molecule has 0 bridgehead atoms. The molecule has 1 aliphatic rings. The van der Waals surface area contributed by atoms with Crippen LogP contribution >= 0.6 is 20.8 Å². The molecule has 1 heterocycles. The van der Waals surface area contributed by atoms with Crippen molar-refractivity contribution in [1.82, 2.24) is 0 Å². The van der Waals surface area contributed by atoms with Gasteiger partial charge in [-0.25, -0.2) is 0 Å². The monoisotopic (exact) mass is 546 g/mol. The fourth-order valence-electron chi connectivity index (χ4n) is 5.29. The van der Waals surface area contributed by atoms with Crippen molar-refractivity contribution < 1.29 is 9.72 Å². The molecule has 0 aromatic heterocycles. The van der Waals surface area contributed by atoms with Crippen LogP contribution in [0.3, 0.4) is 0 Å². The summed E-state index contributed by atoms with van der Waals surface area (Å²) in [5, 5.41) is 11.1. The van der Waals surface area contributed by atoms with Crippen LogP contribution in [0.15, 0.2) is 115 Å². The number of anilines is 1. The van der Waals surface area contributed by atoms with Crippen LogP contribution in [0.4, 0.5) is 11.4 Å². The van der Waals surface area contributed by atoms with E-state index in [1.54, 1.807) is 17.0 Å². The van der Waals surface area contributed by atoms with Gasteiger partial charge >= 0.3 is 213 Å². The van der Waals surface area contributed by atoms with Crippen LogP contribution in [-0.4, -0.2) is 23.0 Å². The minimum absolute atomic E-state index is 0.0238. The third kappa shape index (κ3) is 3.60. The van der Waals surface area contributed by atoms with E-state index in [1.165, 1.54) is 12.1 Å². The number of rotatable bonds is 6. The summed E-state index contributed by atoms with van der Waals surface area (Å²) in [7, 11) is 0. The summed E-state index contributed by atoms with van der Waals surface area (Å²) in [6.45, 7) is 0.487. The number of non-ortho nitro benzene ring substituents is 1. The molecule has 0 N–H and O–H groups in total. The van der Waals surface area contributed by atoms with Gasteiger partial charge in [-0.1, -0.05) is 0 Å². The van der Waals surface area contributed by atoms with Crippen LogP contribution in [0.5, 0.6) is 0 Å². The van der Waals surface area contributed by atoms with Crippen molar-refractivity contribution in [2.75, 3.05) is 11.4 Å². The van der Waals surface area contributed by atoms with Crippen molar-refractivity contribution in [2.45, 2.75) is 12.1 Å². The van der Waals surface area contributed by atoms with Crippen LogP contribution < -0.4 is 20.8 Å². The Labute approximate surface area is 212 Å². The van der Waals surface area contributed by atoms with Gasteiger partial charge in [0.15, 0.2) is 0 Å². The van der Waals surface area contributed by atoms with Gasteiger partial charge in [-0.05, 0) is 0 Å². The summed E-state index contributed by atoms with van der Waals surface area (Å²) in [5.41, 5.74) is 0.148. The predicted octanol–water partition coefficient (Wildman–Crippen LogP) is 5.54. The minimum atomic E-state index is -3.50. The maximum atomic E-state index is 14.3. The van der Waals surface area contributed by atoms with E-state index in [4.69, 9.17) is 0 Å². The van der Waals surface area contributed by atoms with Gasteiger partial charge in [-0.3, -0.25) is 0 Å². The number of nitro groups is 1. The van der Waals surface area contributed by atoms with E-state index >= 15 is 0 Å². The number of benzene rings is 4. The first-order chi connectivity index (χ1) is 16.9. The number of nitrogens with zero attached hydrogens (tertiary/aromatic N) is 2. The molecule has 176 valence electrons. The molecule has 1 atom stereocenters. The third-order valence-electron chi connectivity index (χ3n) is 6.90. The third-order valence-corrected chi connectivity index (χ3v) is 17.6. The second kappa shape index (κ2) is 9.03. The quantitative estimate of drug-likeness (QED) is 0.181. The zero-order valence-electron chi connectivity index (χ0n) is 18.9. The van der Waals surface area contributed by atoms with E-state index in [2.05, 4.69) is 51.9 Å². The molecule has 0 saturated carbocycles. The van der Waals surface area contributed by atoms with Crippen molar-refractivity contribution in [3.63, 3.8) is 0 Å². The Morgan fingerprint density at radius 2 is 1.26 bits per heavy atom. The molecular weight excluding hydrogens is 523 g/mol. The van der Waals surface area contributed by atoms with Gasteiger partial charge in [0, 0.05) is 0 Å². The number of amides is 1. The molecule has 4 aromatic rings. The van der Waals surface area contributed by atoms with E-state index in [0.29, 0.717) is 18.7 Å². The van der Waals surface area contributed by atoms with Gasteiger partial charge in [-0.15, -0.1) is 0 Å². The Bertz CT molecular complexity index is 1280. The number of carbonyl (C=O) groups is 1. The van der Waals surface area contributed by atoms with Crippen LogP contribution in [0.25, 0.3) is 0 Å². The molecular formula is C28H24BrN2O3P. The van der Waals surface area contributed by atoms with Crippen molar-refractivity contribution in [3.8, 4) is 0 Å². The second-order valence-corrected chi connectivity index (χ2v) is 17.4. The summed E-state index contributed by atoms with van der Waals surface area (Å²) < 4.78 is 0. The summed E-state index contributed by atoms with van der Waals surface area (Å²) in [5.74, 6) is -0.0309. The Hall–Kier alpha value is -3.34. The van der Waals surface area contributed by atoms with Crippen LogP contribution in [0, 0.1) is 10.1 Å². The molecule has 0 spiro atoms. The van der Waals surface area contributed by atoms with Gasteiger partial charge in [0.2, 0.25) is 0 Å². The molecule has 4 aromatic carbocycles. The molecule has 1 saturated heterocycles. The molecule has 7 heteroatoms. The Balaban J connectivity index is 1.76. The molecule has 5 rings (SSSR count). The van der Waals surface area contributed by atoms with E-state index in [9.17, 15) is 14.9 Å². The summed E-state index contributed by atoms with van der Waals surface area (Å²) in [4.78, 5) is 27.0. The standard InChI is InChI=1S/C28H24BrN2O3P/c29-35(24-13-4-1-5-14-24,25-15-6-2-7-16-25,26-17-8-3-9-18-26)27-19-20-30(28(27)32)22-11-10-12-23(21-22)31(33)34/h1-18,21,27H,19-20H2. The van der Waals surface area contributed by atoms with Crippen molar-refractivity contribution >= 4 is 54.0 Å². The van der Waals surface area contributed by atoms with Crippen LogP contribution in [-0.2, 0) is 4.79 Å². The number of nitro benzene ring substituents is 1. The first-order valence-electron chi connectivity index (χ1n) is 11.4. The normalized spacial score (nSPS) is 17.1. The van der Waals surface area contributed by atoms with Gasteiger partial charge < -0.3 is 0 Å². The van der Waals surface area contributed by atoms with Crippen molar-refractivity contribution in [2.24, 2.45) is 0 Å². The summed E-state index contributed by atoms with van der Waals surface area (Å²) in [6.07, 6.45) is 0.614. The fraction of sp³-hybridized carbons (Fsp3) is 0.107. The molecule has 1 aliphatic heterocycles. The molecule has 0 aliphatic carbocycles. The Morgan fingerprint density at radius 3 is 1.71 bits per heavy atom. The molecule has 35 heavy (non-hydrogen) atoms.